The lowest BCUT2D eigenvalue weighted by molar-refractivity contribution is 0.102. The van der Waals surface area contributed by atoms with E-state index in [9.17, 15) is 9.59 Å². The number of rotatable bonds is 4. The SMILES string of the molecule is CCOC(=O)N1CCN(c2cc(C(=O)Nc3c(C)cccc3C)nc(C)n2)CC1. The highest BCUT2D eigenvalue weighted by Crippen LogP contribution is 2.21. The van der Waals surface area contributed by atoms with E-state index in [1.54, 1.807) is 24.8 Å². The number of nitrogens with one attached hydrogen (secondary N) is 1. The summed E-state index contributed by atoms with van der Waals surface area (Å²) in [5.74, 6) is 0.953. The Hall–Kier alpha value is -3.16. The number of hydrogen-bond acceptors (Lipinski definition) is 6. The zero-order valence-corrected chi connectivity index (χ0v) is 17.4. The van der Waals surface area contributed by atoms with Crippen molar-refractivity contribution in [2.24, 2.45) is 0 Å². The Labute approximate surface area is 170 Å². The van der Waals surface area contributed by atoms with Crippen LogP contribution in [0.2, 0.25) is 0 Å². The van der Waals surface area contributed by atoms with Gasteiger partial charge >= 0.3 is 6.09 Å². The van der Waals surface area contributed by atoms with Gasteiger partial charge in [-0.3, -0.25) is 4.79 Å². The van der Waals surface area contributed by atoms with Gasteiger partial charge in [-0.25, -0.2) is 14.8 Å². The molecule has 0 radical (unpaired) electrons. The van der Waals surface area contributed by atoms with E-state index >= 15 is 0 Å². The fourth-order valence-electron chi connectivity index (χ4n) is 3.35. The Morgan fingerprint density at radius 1 is 1.07 bits per heavy atom. The summed E-state index contributed by atoms with van der Waals surface area (Å²) in [5.41, 5.74) is 3.13. The van der Waals surface area contributed by atoms with Crippen molar-refractivity contribution in [3.05, 3.63) is 46.9 Å². The van der Waals surface area contributed by atoms with Gasteiger partial charge in [0.1, 0.15) is 17.3 Å². The van der Waals surface area contributed by atoms with Gasteiger partial charge in [0.05, 0.1) is 6.61 Å². The number of nitrogens with zero attached hydrogens (tertiary/aromatic N) is 4. The normalized spacial score (nSPS) is 13.9. The lowest BCUT2D eigenvalue weighted by Crippen LogP contribution is -2.49. The smallest absolute Gasteiger partial charge is 0.409 e. The highest BCUT2D eigenvalue weighted by atomic mass is 16.6. The molecule has 1 aromatic heterocycles. The number of ether oxygens (including phenoxy) is 1. The summed E-state index contributed by atoms with van der Waals surface area (Å²) in [6, 6.07) is 7.59. The Bertz CT molecular complexity index is 887. The minimum atomic E-state index is -0.292. The number of hydrogen-bond donors (Lipinski definition) is 1. The summed E-state index contributed by atoms with van der Waals surface area (Å²) in [5, 5.41) is 2.97. The van der Waals surface area contributed by atoms with Gasteiger partial charge in [-0.1, -0.05) is 18.2 Å². The average Bonchev–Trinajstić information content (AvgIpc) is 2.70. The molecule has 0 bridgehead atoms. The van der Waals surface area contributed by atoms with Crippen LogP contribution in [0, 0.1) is 20.8 Å². The summed E-state index contributed by atoms with van der Waals surface area (Å²) in [6.45, 7) is 10.2. The molecule has 1 aliphatic heterocycles. The van der Waals surface area contributed by atoms with Gasteiger partial charge in [0.15, 0.2) is 0 Å². The molecule has 154 valence electrons. The minimum absolute atomic E-state index is 0.265. The standard InChI is InChI=1S/C21H27N5O3/c1-5-29-21(28)26-11-9-25(10-12-26)18-13-17(22-16(4)23-18)20(27)24-19-14(2)7-6-8-15(19)3/h6-8,13H,5,9-12H2,1-4H3,(H,24,27). The molecule has 0 aliphatic carbocycles. The maximum absolute atomic E-state index is 12.8. The van der Waals surface area contributed by atoms with Crippen LogP contribution in [0.5, 0.6) is 0 Å². The first-order valence-electron chi connectivity index (χ1n) is 9.79. The van der Waals surface area contributed by atoms with Crippen molar-refractivity contribution in [2.75, 3.05) is 43.0 Å². The van der Waals surface area contributed by atoms with E-state index in [4.69, 9.17) is 4.74 Å². The van der Waals surface area contributed by atoms with Gasteiger partial charge < -0.3 is 19.9 Å². The molecule has 1 N–H and O–H groups in total. The monoisotopic (exact) mass is 397 g/mol. The van der Waals surface area contributed by atoms with Crippen molar-refractivity contribution >= 4 is 23.5 Å². The molecule has 0 atom stereocenters. The van der Waals surface area contributed by atoms with E-state index in [-0.39, 0.29) is 12.0 Å². The van der Waals surface area contributed by atoms with Crippen LogP contribution >= 0.6 is 0 Å². The van der Waals surface area contributed by atoms with E-state index in [1.807, 2.05) is 32.0 Å². The van der Waals surface area contributed by atoms with Crippen molar-refractivity contribution in [3.63, 3.8) is 0 Å². The molecule has 8 nitrogen and oxygen atoms in total. The molecule has 1 aliphatic rings. The zero-order chi connectivity index (χ0) is 21.0. The second kappa shape index (κ2) is 8.89. The first kappa shape index (κ1) is 20.6. The highest BCUT2D eigenvalue weighted by Gasteiger charge is 2.24. The number of aryl methyl sites for hydroxylation is 3. The molecular formula is C21H27N5O3. The number of aromatic nitrogens is 2. The molecule has 0 saturated carbocycles. The quantitative estimate of drug-likeness (QED) is 0.853. The summed E-state index contributed by atoms with van der Waals surface area (Å²) >= 11 is 0. The van der Waals surface area contributed by atoms with E-state index in [0.717, 1.165) is 16.8 Å². The van der Waals surface area contributed by atoms with Crippen molar-refractivity contribution in [2.45, 2.75) is 27.7 Å². The molecule has 0 unspecified atom stereocenters. The van der Waals surface area contributed by atoms with Crippen LogP contribution in [0.3, 0.4) is 0 Å². The zero-order valence-electron chi connectivity index (χ0n) is 17.4. The van der Waals surface area contributed by atoms with Crippen LogP contribution in [-0.2, 0) is 4.74 Å². The first-order valence-corrected chi connectivity index (χ1v) is 9.79. The van der Waals surface area contributed by atoms with Crippen LogP contribution in [0.4, 0.5) is 16.3 Å². The molecule has 1 fully saturated rings. The van der Waals surface area contributed by atoms with Crippen molar-refractivity contribution < 1.29 is 14.3 Å². The summed E-state index contributed by atoms with van der Waals surface area (Å²) in [7, 11) is 0. The maximum atomic E-state index is 12.8. The number of carbonyl (C=O) groups is 2. The highest BCUT2D eigenvalue weighted by molar-refractivity contribution is 6.04. The topological polar surface area (TPSA) is 87.7 Å². The number of piperazine rings is 1. The van der Waals surface area contributed by atoms with Gasteiger partial charge in [0, 0.05) is 37.9 Å². The third kappa shape index (κ3) is 4.82. The third-order valence-corrected chi connectivity index (χ3v) is 4.91. The molecule has 2 amide bonds. The fraction of sp³-hybridized carbons (Fsp3) is 0.429. The second-order valence-electron chi connectivity index (χ2n) is 7.05. The van der Waals surface area contributed by atoms with E-state index in [0.29, 0.717) is 50.1 Å². The Morgan fingerprint density at radius 2 is 1.72 bits per heavy atom. The van der Waals surface area contributed by atoms with E-state index in [1.165, 1.54) is 0 Å². The maximum Gasteiger partial charge on any atom is 0.409 e. The van der Waals surface area contributed by atoms with Crippen LogP contribution in [0.1, 0.15) is 34.4 Å². The summed E-state index contributed by atoms with van der Waals surface area (Å²) in [6.07, 6.45) is -0.292. The van der Waals surface area contributed by atoms with Gasteiger partial charge in [-0.2, -0.15) is 0 Å². The molecular weight excluding hydrogens is 370 g/mol. The van der Waals surface area contributed by atoms with Crippen molar-refractivity contribution in [1.29, 1.82) is 0 Å². The Morgan fingerprint density at radius 3 is 2.34 bits per heavy atom. The van der Waals surface area contributed by atoms with E-state index < -0.39 is 0 Å². The number of anilines is 2. The molecule has 29 heavy (non-hydrogen) atoms. The van der Waals surface area contributed by atoms with Crippen LogP contribution < -0.4 is 10.2 Å². The second-order valence-corrected chi connectivity index (χ2v) is 7.05. The molecule has 0 spiro atoms. The number of carbonyl (C=O) groups excluding carboxylic acids is 2. The van der Waals surface area contributed by atoms with Crippen LogP contribution in [-0.4, -0.2) is 59.7 Å². The Balaban J connectivity index is 1.73. The van der Waals surface area contributed by atoms with Crippen LogP contribution in [0.15, 0.2) is 24.3 Å². The molecule has 2 heterocycles. The summed E-state index contributed by atoms with van der Waals surface area (Å²) < 4.78 is 5.06. The van der Waals surface area contributed by atoms with Gasteiger partial charge in [-0.05, 0) is 38.8 Å². The number of benzene rings is 1. The predicted molar refractivity (Wildman–Crippen MR) is 111 cm³/mol. The first-order chi connectivity index (χ1) is 13.9. The van der Waals surface area contributed by atoms with Crippen molar-refractivity contribution in [3.8, 4) is 0 Å². The van der Waals surface area contributed by atoms with Gasteiger partial charge in [-0.15, -0.1) is 0 Å². The largest absolute Gasteiger partial charge is 0.450 e. The number of amides is 2. The molecule has 8 heteroatoms. The molecule has 2 aromatic rings. The van der Waals surface area contributed by atoms with Gasteiger partial charge in [0.25, 0.3) is 5.91 Å². The minimum Gasteiger partial charge on any atom is -0.450 e. The third-order valence-electron chi connectivity index (χ3n) is 4.91. The lowest BCUT2D eigenvalue weighted by atomic mass is 10.1. The van der Waals surface area contributed by atoms with Crippen molar-refractivity contribution in [1.82, 2.24) is 14.9 Å². The average molecular weight is 397 g/mol. The fourth-order valence-corrected chi connectivity index (χ4v) is 3.35. The summed E-state index contributed by atoms with van der Waals surface area (Å²) in [4.78, 5) is 37.2. The number of para-hydroxylation sites is 1. The Kier molecular flexibility index (Phi) is 6.31. The molecule has 1 saturated heterocycles. The van der Waals surface area contributed by atoms with Gasteiger partial charge in [0.2, 0.25) is 0 Å². The predicted octanol–water partition coefficient (Wildman–Crippen LogP) is 2.93. The lowest BCUT2D eigenvalue weighted by Gasteiger charge is -2.34. The molecule has 3 rings (SSSR count). The van der Waals surface area contributed by atoms with Crippen LogP contribution in [0.25, 0.3) is 0 Å². The molecule has 1 aromatic carbocycles. The van der Waals surface area contributed by atoms with E-state index in [2.05, 4.69) is 20.2 Å².